The van der Waals surface area contributed by atoms with Crippen LogP contribution in [0.3, 0.4) is 0 Å². The Balaban J connectivity index is 2.37. The van der Waals surface area contributed by atoms with Crippen molar-refractivity contribution in [1.82, 2.24) is 9.97 Å². The van der Waals surface area contributed by atoms with Crippen LogP contribution < -0.4 is 10.3 Å². The first-order valence-corrected chi connectivity index (χ1v) is 6.43. The van der Waals surface area contributed by atoms with Crippen molar-refractivity contribution in [1.29, 1.82) is 0 Å². The summed E-state index contributed by atoms with van der Waals surface area (Å²) in [6.45, 7) is 1.26. The SMILES string of the molecule is CC(C)CCc1nc2cc(OC(F)F)ccc2c(=O)[nH]1. The Labute approximate surface area is 114 Å². The Bertz CT molecular complexity index is 653. The lowest BCUT2D eigenvalue weighted by molar-refractivity contribution is -0.0497. The molecule has 0 radical (unpaired) electrons. The first kappa shape index (κ1) is 14.4. The van der Waals surface area contributed by atoms with Crippen molar-refractivity contribution < 1.29 is 13.5 Å². The van der Waals surface area contributed by atoms with Gasteiger partial charge in [0.05, 0.1) is 10.9 Å². The third-order valence-electron chi connectivity index (χ3n) is 2.91. The molecule has 0 amide bonds. The smallest absolute Gasteiger partial charge is 0.387 e. The van der Waals surface area contributed by atoms with Crippen molar-refractivity contribution in [3.63, 3.8) is 0 Å². The minimum atomic E-state index is -2.89. The number of hydrogen-bond acceptors (Lipinski definition) is 3. The molecule has 0 aliphatic carbocycles. The zero-order valence-corrected chi connectivity index (χ0v) is 11.3. The van der Waals surface area contributed by atoms with Gasteiger partial charge in [0.25, 0.3) is 5.56 Å². The quantitative estimate of drug-likeness (QED) is 0.916. The molecule has 108 valence electrons. The molecule has 1 N–H and O–H groups in total. The highest BCUT2D eigenvalue weighted by atomic mass is 19.3. The first-order chi connectivity index (χ1) is 9.45. The molecule has 0 aliphatic heterocycles. The molecule has 20 heavy (non-hydrogen) atoms. The summed E-state index contributed by atoms with van der Waals surface area (Å²) in [5.74, 6) is 1.05. The van der Waals surface area contributed by atoms with Gasteiger partial charge in [-0.15, -0.1) is 0 Å². The van der Waals surface area contributed by atoms with Crippen LogP contribution in [0.4, 0.5) is 8.78 Å². The average Bonchev–Trinajstić information content (AvgIpc) is 2.35. The molecule has 0 saturated carbocycles. The van der Waals surface area contributed by atoms with Crippen molar-refractivity contribution in [3.8, 4) is 5.75 Å². The molecule has 6 heteroatoms. The maximum Gasteiger partial charge on any atom is 0.387 e. The summed E-state index contributed by atoms with van der Waals surface area (Å²) in [5.41, 5.74) is 0.100. The van der Waals surface area contributed by atoms with E-state index in [1.807, 2.05) is 0 Å². The van der Waals surface area contributed by atoms with E-state index in [0.717, 1.165) is 6.42 Å². The number of aromatic amines is 1. The maximum atomic E-state index is 12.2. The lowest BCUT2D eigenvalue weighted by Gasteiger charge is -2.07. The molecule has 0 unspecified atom stereocenters. The summed E-state index contributed by atoms with van der Waals surface area (Å²) in [7, 11) is 0. The number of hydrogen-bond donors (Lipinski definition) is 1. The molecular formula is C14H16F2N2O2. The Kier molecular flexibility index (Phi) is 4.32. The highest BCUT2D eigenvalue weighted by Gasteiger charge is 2.09. The predicted molar refractivity (Wildman–Crippen MR) is 72.2 cm³/mol. The summed E-state index contributed by atoms with van der Waals surface area (Å²) in [4.78, 5) is 18.9. The van der Waals surface area contributed by atoms with Gasteiger partial charge in [0.15, 0.2) is 0 Å². The van der Waals surface area contributed by atoms with Crippen molar-refractivity contribution in [3.05, 3.63) is 34.4 Å². The molecule has 1 aromatic carbocycles. The Hall–Kier alpha value is -1.98. The van der Waals surface area contributed by atoms with E-state index in [1.165, 1.54) is 18.2 Å². The van der Waals surface area contributed by atoms with Crippen LogP contribution in [-0.2, 0) is 6.42 Å². The zero-order valence-electron chi connectivity index (χ0n) is 11.3. The Morgan fingerprint density at radius 3 is 2.75 bits per heavy atom. The first-order valence-electron chi connectivity index (χ1n) is 6.43. The van der Waals surface area contributed by atoms with Gasteiger partial charge >= 0.3 is 6.61 Å². The maximum absolute atomic E-state index is 12.2. The topological polar surface area (TPSA) is 55.0 Å². The van der Waals surface area contributed by atoms with Crippen LogP contribution in [0.5, 0.6) is 5.75 Å². The molecule has 0 atom stereocenters. The number of halogens is 2. The standard InChI is InChI=1S/C14H16F2N2O2/c1-8(2)3-6-12-17-11-7-9(20-14(15)16)4-5-10(11)13(19)18-12/h4-5,7-8,14H,3,6H2,1-2H3,(H,17,18,19). The average molecular weight is 282 g/mol. The van der Waals surface area contributed by atoms with E-state index in [4.69, 9.17) is 0 Å². The van der Waals surface area contributed by atoms with Crippen molar-refractivity contribution in [2.75, 3.05) is 0 Å². The molecule has 4 nitrogen and oxygen atoms in total. The second-order valence-corrected chi connectivity index (χ2v) is 5.00. The number of fused-ring (bicyclic) bond motifs is 1. The minimum Gasteiger partial charge on any atom is -0.435 e. The summed E-state index contributed by atoms with van der Waals surface area (Å²) >= 11 is 0. The molecule has 1 heterocycles. The molecule has 0 aliphatic rings. The largest absolute Gasteiger partial charge is 0.435 e. The van der Waals surface area contributed by atoms with Gasteiger partial charge in [-0.05, 0) is 24.5 Å². The number of H-pyrrole nitrogens is 1. The fraction of sp³-hybridized carbons (Fsp3) is 0.429. The predicted octanol–water partition coefficient (Wildman–Crippen LogP) is 3.11. The number of aryl methyl sites for hydroxylation is 1. The van der Waals surface area contributed by atoms with Crippen LogP contribution in [0.2, 0.25) is 0 Å². The second-order valence-electron chi connectivity index (χ2n) is 5.00. The Morgan fingerprint density at radius 1 is 1.35 bits per heavy atom. The van der Waals surface area contributed by atoms with Crippen molar-refractivity contribution in [2.24, 2.45) is 5.92 Å². The summed E-state index contributed by atoms with van der Waals surface area (Å²) < 4.78 is 28.7. The van der Waals surface area contributed by atoms with Gasteiger partial charge < -0.3 is 9.72 Å². The van der Waals surface area contributed by atoms with Gasteiger partial charge in [0.1, 0.15) is 11.6 Å². The van der Waals surface area contributed by atoms with Crippen molar-refractivity contribution >= 4 is 10.9 Å². The second kappa shape index (κ2) is 5.98. The van der Waals surface area contributed by atoms with Gasteiger partial charge in [0, 0.05) is 12.5 Å². The highest BCUT2D eigenvalue weighted by molar-refractivity contribution is 5.79. The van der Waals surface area contributed by atoms with E-state index in [1.54, 1.807) is 0 Å². The molecule has 0 spiro atoms. The molecule has 0 fully saturated rings. The van der Waals surface area contributed by atoms with E-state index in [0.29, 0.717) is 29.1 Å². The lowest BCUT2D eigenvalue weighted by Crippen LogP contribution is -2.12. The monoisotopic (exact) mass is 282 g/mol. The molecule has 2 aromatic rings. The van der Waals surface area contributed by atoms with Crippen LogP contribution in [-0.4, -0.2) is 16.6 Å². The molecule has 0 bridgehead atoms. The number of ether oxygens (including phenoxy) is 1. The van der Waals surface area contributed by atoms with Gasteiger partial charge in [-0.1, -0.05) is 13.8 Å². The van der Waals surface area contributed by atoms with Crippen LogP contribution >= 0.6 is 0 Å². The number of aromatic nitrogens is 2. The molecule has 2 rings (SSSR count). The fourth-order valence-electron chi connectivity index (χ4n) is 1.89. The number of alkyl halides is 2. The number of nitrogens with one attached hydrogen (secondary N) is 1. The number of nitrogens with zero attached hydrogens (tertiary/aromatic N) is 1. The third kappa shape index (κ3) is 3.53. The Morgan fingerprint density at radius 2 is 2.10 bits per heavy atom. The summed E-state index contributed by atoms with van der Waals surface area (Å²) in [5, 5.41) is 0.361. The van der Waals surface area contributed by atoms with E-state index in [-0.39, 0.29) is 11.3 Å². The minimum absolute atomic E-state index is 0.000379. The summed E-state index contributed by atoms with van der Waals surface area (Å²) in [6.07, 6.45) is 1.53. The molecular weight excluding hydrogens is 266 g/mol. The van der Waals surface area contributed by atoms with E-state index >= 15 is 0 Å². The van der Waals surface area contributed by atoms with E-state index in [9.17, 15) is 13.6 Å². The van der Waals surface area contributed by atoms with Crippen LogP contribution in [0.1, 0.15) is 26.1 Å². The van der Waals surface area contributed by atoms with E-state index in [2.05, 4.69) is 28.6 Å². The normalized spacial score (nSPS) is 11.5. The van der Waals surface area contributed by atoms with E-state index < -0.39 is 6.61 Å². The summed E-state index contributed by atoms with van der Waals surface area (Å²) in [6, 6.07) is 4.12. The molecule has 1 aromatic heterocycles. The van der Waals surface area contributed by atoms with Crippen LogP contribution in [0.15, 0.2) is 23.0 Å². The van der Waals surface area contributed by atoms with Gasteiger partial charge in [-0.25, -0.2) is 4.98 Å². The van der Waals surface area contributed by atoms with Gasteiger partial charge in [-0.3, -0.25) is 4.79 Å². The zero-order chi connectivity index (χ0) is 14.7. The number of benzene rings is 1. The van der Waals surface area contributed by atoms with Crippen LogP contribution in [0, 0.1) is 5.92 Å². The van der Waals surface area contributed by atoms with Gasteiger partial charge in [-0.2, -0.15) is 8.78 Å². The number of rotatable bonds is 5. The lowest BCUT2D eigenvalue weighted by atomic mass is 10.1. The fourth-order valence-corrected chi connectivity index (χ4v) is 1.89. The highest BCUT2D eigenvalue weighted by Crippen LogP contribution is 2.19. The third-order valence-corrected chi connectivity index (χ3v) is 2.91. The molecule has 0 saturated heterocycles. The van der Waals surface area contributed by atoms with Crippen LogP contribution in [0.25, 0.3) is 10.9 Å². The van der Waals surface area contributed by atoms with Crippen molar-refractivity contribution in [2.45, 2.75) is 33.3 Å². The van der Waals surface area contributed by atoms with Gasteiger partial charge in [0.2, 0.25) is 0 Å².